The number of fused-ring (bicyclic) bond motifs is 6. The molecule has 6 rings (SSSR count). The van der Waals surface area contributed by atoms with E-state index in [1.807, 2.05) is 6.92 Å². The van der Waals surface area contributed by atoms with Crippen LogP contribution >= 0.6 is 11.6 Å². The maximum Gasteiger partial charge on any atom is 0.433 e. The van der Waals surface area contributed by atoms with Crippen LogP contribution in [0.5, 0.6) is 5.88 Å². The zero-order chi connectivity index (χ0) is 24.6. The van der Waals surface area contributed by atoms with Gasteiger partial charge in [-0.3, -0.25) is 9.20 Å². The second kappa shape index (κ2) is 7.45. The van der Waals surface area contributed by atoms with Gasteiger partial charge < -0.3 is 15.4 Å². The van der Waals surface area contributed by atoms with E-state index >= 15 is 0 Å². The zero-order valence-corrected chi connectivity index (χ0v) is 19.1. The van der Waals surface area contributed by atoms with Gasteiger partial charge in [0.2, 0.25) is 5.88 Å². The molecule has 4 aromatic rings. The van der Waals surface area contributed by atoms with Crippen LogP contribution in [0.25, 0.3) is 16.6 Å². The van der Waals surface area contributed by atoms with Crippen molar-refractivity contribution in [3.05, 3.63) is 58.1 Å². The number of rotatable bonds is 1. The van der Waals surface area contributed by atoms with Crippen molar-refractivity contribution in [2.24, 2.45) is 0 Å². The smallest absolute Gasteiger partial charge is 0.433 e. The highest BCUT2D eigenvalue weighted by Crippen LogP contribution is 2.45. The molecule has 8 nitrogen and oxygen atoms in total. The summed E-state index contributed by atoms with van der Waals surface area (Å²) in [5.41, 5.74) is 8.21. The first-order valence-corrected chi connectivity index (χ1v) is 11.3. The number of pyridine rings is 1. The maximum absolute atomic E-state index is 13.8. The van der Waals surface area contributed by atoms with Crippen molar-refractivity contribution in [2.75, 3.05) is 12.3 Å². The molecule has 2 atom stereocenters. The summed E-state index contributed by atoms with van der Waals surface area (Å²) in [6.45, 7) is 2.21. The fraction of sp³-hybridized carbons (Fsp3) is 0.304. The normalized spacial score (nSPS) is 19.6. The van der Waals surface area contributed by atoms with E-state index in [1.54, 1.807) is 27.8 Å². The lowest BCUT2D eigenvalue weighted by atomic mass is 9.94. The first-order valence-electron chi connectivity index (χ1n) is 10.9. The Labute approximate surface area is 201 Å². The molecule has 3 aromatic heterocycles. The Kier molecular flexibility index (Phi) is 4.66. The minimum atomic E-state index is -4.59. The van der Waals surface area contributed by atoms with Crippen LogP contribution in [-0.2, 0) is 6.18 Å². The number of amides is 1. The Morgan fingerprint density at radius 2 is 2.06 bits per heavy atom. The Bertz CT molecular complexity index is 1540. The average molecular weight is 503 g/mol. The molecule has 12 heteroatoms. The first-order chi connectivity index (χ1) is 16.6. The number of likely N-dealkylation sites (tertiary alicyclic amines) is 1. The van der Waals surface area contributed by atoms with Crippen LogP contribution in [0.2, 0.25) is 5.02 Å². The van der Waals surface area contributed by atoms with E-state index in [4.69, 9.17) is 22.1 Å². The lowest BCUT2D eigenvalue weighted by molar-refractivity contribution is -0.141. The van der Waals surface area contributed by atoms with Gasteiger partial charge in [-0.1, -0.05) is 11.6 Å². The van der Waals surface area contributed by atoms with Crippen LogP contribution < -0.4 is 10.5 Å². The highest BCUT2D eigenvalue weighted by molar-refractivity contribution is 6.34. The number of imidazole rings is 1. The minimum Gasteiger partial charge on any atom is -0.472 e. The van der Waals surface area contributed by atoms with Gasteiger partial charge in [-0.25, -0.2) is 15.0 Å². The third-order valence-corrected chi connectivity index (χ3v) is 6.90. The number of aryl methyl sites for hydroxylation is 1. The molecule has 1 amide bonds. The van der Waals surface area contributed by atoms with Crippen molar-refractivity contribution < 1.29 is 22.7 Å². The van der Waals surface area contributed by atoms with E-state index in [0.717, 1.165) is 6.07 Å². The Morgan fingerprint density at radius 3 is 2.83 bits per heavy atom. The Morgan fingerprint density at radius 1 is 1.26 bits per heavy atom. The van der Waals surface area contributed by atoms with Crippen LogP contribution in [0.1, 0.15) is 46.2 Å². The summed E-state index contributed by atoms with van der Waals surface area (Å²) in [7, 11) is 0. The fourth-order valence-corrected chi connectivity index (χ4v) is 5.25. The third-order valence-electron chi connectivity index (χ3n) is 6.59. The van der Waals surface area contributed by atoms with E-state index in [2.05, 4.69) is 15.0 Å². The molecular formula is C23H18ClF3N6O2. The predicted molar refractivity (Wildman–Crippen MR) is 121 cm³/mol. The van der Waals surface area contributed by atoms with Gasteiger partial charge in [-0.2, -0.15) is 13.2 Å². The molecule has 180 valence electrons. The van der Waals surface area contributed by atoms with Crippen LogP contribution in [0.15, 0.2) is 30.6 Å². The quantitative estimate of drug-likeness (QED) is 0.409. The number of piperidine rings is 1. The molecule has 35 heavy (non-hydrogen) atoms. The van der Waals surface area contributed by atoms with Gasteiger partial charge in [-0.05, 0) is 44.0 Å². The van der Waals surface area contributed by atoms with Gasteiger partial charge >= 0.3 is 6.18 Å². The molecule has 2 N–H and O–H groups in total. The van der Waals surface area contributed by atoms with Crippen molar-refractivity contribution in [2.45, 2.75) is 38.1 Å². The monoisotopic (exact) mass is 502 g/mol. The molecule has 0 unspecified atom stereocenters. The van der Waals surface area contributed by atoms with Gasteiger partial charge in [0.1, 0.15) is 29.5 Å². The number of alkyl halides is 3. The van der Waals surface area contributed by atoms with Crippen molar-refractivity contribution in [1.82, 2.24) is 24.3 Å². The highest BCUT2D eigenvalue weighted by Gasteiger charge is 2.45. The summed E-state index contributed by atoms with van der Waals surface area (Å²) < 4.78 is 47.0. The zero-order valence-electron chi connectivity index (χ0n) is 18.3. The van der Waals surface area contributed by atoms with Crippen LogP contribution in [0.4, 0.5) is 19.0 Å². The second-order valence-electron chi connectivity index (χ2n) is 8.70. The molecule has 1 fully saturated rings. The molecule has 0 saturated carbocycles. The Balaban J connectivity index is 1.44. The summed E-state index contributed by atoms with van der Waals surface area (Å²) >= 11 is 6.52. The van der Waals surface area contributed by atoms with E-state index in [9.17, 15) is 18.0 Å². The number of nitrogens with two attached hydrogens (primary N) is 1. The topological polar surface area (TPSA) is 98.6 Å². The predicted octanol–water partition coefficient (Wildman–Crippen LogP) is 4.58. The van der Waals surface area contributed by atoms with Gasteiger partial charge in [0.25, 0.3) is 5.91 Å². The molecule has 1 saturated heterocycles. The van der Waals surface area contributed by atoms with E-state index in [0.29, 0.717) is 53.0 Å². The van der Waals surface area contributed by atoms with Crippen LogP contribution in [-0.4, -0.2) is 42.8 Å². The van der Waals surface area contributed by atoms with Gasteiger partial charge in [-0.15, -0.1) is 0 Å². The van der Waals surface area contributed by atoms with Crippen molar-refractivity contribution in [1.29, 1.82) is 0 Å². The number of halogens is 4. The molecule has 0 radical (unpaired) electrons. The lowest BCUT2D eigenvalue weighted by Gasteiger charge is -2.36. The summed E-state index contributed by atoms with van der Waals surface area (Å²) in [6.07, 6.45) is -2.25. The summed E-state index contributed by atoms with van der Waals surface area (Å²) in [5.74, 6) is -0.147. The van der Waals surface area contributed by atoms with Gasteiger partial charge in [0.15, 0.2) is 0 Å². The van der Waals surface area contributed by atoms with E-state index < -0.39 is 24.0 Å². The molecular weight excluding hydrogens is 485 g/mol. The molecule has 1 aromatic carbocycles. The first kappa shape index (κ1) is 21.9. The van der Waals surface area contributed by atoms with Crippen molar-refractivity contribution in [3.8, 4) is 5.88 Å². The SMILES string of the molecule is Cc1ncn2c1c(N)nc1cc(Cl)c(C(=O)N3CCC[C@@H]4Oc5nc(C(F)(F)F)ccc5[C@@H]43)cc12. The van der Waals surface area contributed by atoms with Crippen molar-refractivity contribution >= 4 is 39.9 Å². The molecule has 2 aliphatic heterocycles. The number of hydrogen-bond donors (Lipinski definition) is 1. The minimum absolute atomic E-state index is 0.0885. The number of carbonyl (C=O) groups is 1. The van der Waals surface area contributed by atoms with Crippen LogP contribution in [0, 0.1) is 6.92 Å². The molecule has 2 aliphatic rings. The lowest BCUT2D eigenvalue weighted by Crippen LogP contribution is -2.44. The molecule has 0 bridgehead atoms. The standard InChI is InChI=1S/C23H18ClF3N6O2/c1-10-18-20(28)30-14-8-13(24)12(7-15(14)33(18)9-29-10)22(34)32-6-2-3-16-19(32)11-4-5-17(23(25,26)27)31-21(11)35-16/h4-5,7-9,16,19H,2-3,6H2,1H3,(H2,28,30)/t16-,19-/m0/s1. The van der Waals surface area contributed by atoms with E-state index in [-0.39, 0.29) is 22.4 Å². The number of anilines is 1. The Hall–Kier alpha value is -3.60. The molecule has 5 heterocycles. The maximum atomic E-state index is 13.8. The van der Waals surface area contributed by atoms with Gasteiger partial charge in [0, 0.05) is 12.1 Å². The number of nitrogen functional groups attached to an aromatic ring is 1. The van der Waals surface area contributed by atoms with Gasteiger partial charge in [0.05, 0.1) is 33.4 Å². The number of benzene rings is 1. The largest absolute Gasteiger partial charge is 0.472 e. The third kappa shape index (κ3) is 3.28. The number of hydrogen-bond acceptors (Lipinski definition) is 6. The molecule has 0 aliphatic carbocycles. The summed E-state index contributed by atoms with van der Waals surface area (Å²) in [6, 6.07) is 4.92. The highest BCUT2D eigenvalue weighted by atomic mass is 35.5. The number of nitrogens with zero attached hydrogens (tertiary/aromatic N) is 5. The summed E-state index contributed by atoms with van der Waals surface area (Å²) in [4.78, 5) is 27.8. The van der Waals surface area contributed by atoms with Crippen LogP contribution in [0.3, 0.4) is 0 Å². The number of aromatic nitrogens is 4. The van der Waals surface area contributed by atoms with E-state index in [1.165, 1.54) is 6.07 Å². The molecule has 0 spiro atoms. The fourth-order valence-electron chi connectivity index (χ4n) is 5.02. The average Bonchev–Trinajstić information content (AvgIpc) is 3.38. The number of ether oxygens (including phenoxy) is 1. The summed E-state index contributed by atoms with van der Waals surface area (Å²) in [5, 5.41) is 0.192. The second-order valence-corrected chi connectivity index (χ2v) is 9.10. The number of carbonyl (C=O) groups excluding carboxylic acids is 1. The van der Waals surface area contributed by atoms with Crippen molar-refractivity contribution in [3.63, 3.8) is 0 Å².